The van der Waals surface area contributed by atoms with Crippen LogP contribution >= 0.6 is 11.3 Å². The topological polar surface area (TPSA) is 55.6 Å². The second kappa shape index (κ2) is 5.81. The Morgan fingerprint density at radius 1 is 1.29 bits per heavy atom. The Balaban J connectivity index is 1.96. The van der Waals surface area contributed by atoms with Gasteiger partial charge in [-0.25, -0.2) is 9.97 Å². The van der Waals surface area contributed by atoms with Crippen molar-refractivity contribution in [3.8, 4) is 0 Å². The van der Waals surface area contributed by atoms with Crippen LogP contribution in [-0.2, 0) is 6.54 Å². The molecular weight excluding hydrogens is 282 g/mol. The molecule has 0 aromatic carbocycles. The van der Waals surface area contributed by atoms with Crippen molar-refractivity contribution in [1.29, 1.82) is 0 Å². The van der Waals surface area contributed by atoms with Crippen molar-refractivity contribution >= 4 is 27.4 Å². The average molecular weight is 301 g/mol. The van der Waals surface area contributed by atoms with Crippen LogP contribution in [0.3, 0.4) is 0 Å². The third-order valence-electron chi connectivity index (χ3n) is 3.31. The predicted molar refractivity (Wildman–Crippen MR) is 87.0 cm³/mol. The minimum Gasteiger partial charge on any atom is -0.369 e. The number of aryl methyl sites for hydroxylation is 2. The molecule has 0 fully saturated rings. The molecule has 0 amide bonds. The number of thiophene rings is 1. The number of nitrogens with one attached hydrogen (secondary N) is 1. The molecule has 0 saturated heterocycles. The third-order valence-corrected chi connectivity index (χ3v) is 4.11. The summed E-state index contributed by atoms with van der Waals surface area (Å²) < 4.78 is 1.95. The summed E-state index contributed by atoms with van der Waals surface area (Å²) in [6.07, 6.45) is 1.07. The maximum absolute atomic E-state index is 4.68. The van der Waals surface area contributed by atoms with Gasteiger partial charge in [0.1, 0.15) is 17.2 Å². The van der Waals surface area contributed by atoms with Crippen molar-refractivity contribution in [2.24, 2.45) is 0 Å². The van der Waals surface area contributed by atoms with Gasteiger partial charge in [0.2, 0.25) is 0 Å². The second-order valence-corrected chi connectivity index (χ2v) is 6.03. The van der Waals surface area contributed by atoms with Gasteiger partial charge in [-0.3, -0.25) is 4.68 Å². The van der Waals surface area contributed by atoms with Crippen LogP contribution in [0.5, 0.6) is 0 Å². The van der Waals surface area contributed by atoms with Crippen molar-refractivity contribution in [3.05, 3.63) is 34.7 Å². The first-order valence-corrected chi connectivity index (χ1v) is 8.04. The predicted octanol–water partition coefficient (Wildman–Crippen LogP) is 3.37. The first-order valence-electron chi connectivity index (χ1n) is 7.16. The minimum atomic E-state index is 0.605. The summed E-state index contributed by atoms with van der Waals surface area (Å²) in [5.41, 5.74) is 2.15. The molecule has 0 aliphatic carbocycles. The Labute approximate surface area is 128 Å². The third kappa shape index (κ3) is 2.90. The van der Waals surface area contributed by atoms with Crippen LogP contribution in [0.4, 0.5) is 5.82 Å². The minimum absolute atomic E-state index is 0.605. The van der Waals surface area contributed by atoms with Gasteiger partial charge in [-0.1, -0.05) is 6.92 Å². The van der Waals surface area contributed by atoms with E-state index in [4.69, 9.17) is 0 Å². The van der Waals surface area contributed by atoms with Crippen molar-refractivity contribution < 1.29 is 0 Å². The fourth-order valence-corrected chi connectivity index (χ4v) is 3.10. The summed E-state index contributed by atoms with van der Waals surface area (Å²) in [6.45, 7) is 7.73. The van der Waals surface area contributed by atoms with E-state index in [0.717, 1.165) is 46.2 Å². The number of anilines is 1. The summed E-state index contributed by atoms with van der Waals surface area (Å²) >= 11 is 1.65. The lowest BCUT2D eigenvalue weighted by atomic mass is 10.3. The Kier molecular flexibility index (Phi) is 3.88. The molecule has 3 aromatic heterocycles. The fraction of sp³-hybridized carbons (Fsp3) is 0.400. The lowest BCUT2D eigenvalue weighted by molar-refractivity contribution is 0.634. The molecule has 0 radical (unpaired) electrons. The lowest BCUT2D eigenvalue weighted by Crippen LogP contribution is -2.10. The maximum atomic E-state index is 4.68. The molecule has 1 N–H and O–H groups in total. The van der Waals surface area contributed by atoms with Crippen LogP contribution in [0.1, 0.15) is 30.6 Å². The van der Waals surface area contributed by atoms with Crippen LogP contribution in [0.15, 0.2) is 17.5 Å². The molecule has 5 nitrogen and oxygen atoms in total. The highest BCUT2D eigenvalue weighted by atomic mass is 32.1. The van der Waals surface area contributed by atoms with E-state index in [1.807, 2.05) is 11.6 Å². The van der Waals surface area contributed by atoms with E-state index < -0.39 is 0 Å². The standard InChI is InChI=1S/C15H19N5S/c1-4-6-16-14-12-5-7-21-15(12)18-13(17-14)9-20-11(3)8-10(2)19-20/h5,7-8H,4,6,9H2,1-3H3,(H,16,17,18). The van der Waals surface area contributed by atoms with Crippen molar-refractivity contribution in [2.45, 2.75) is 33.7 Å². The Morgan fingerprint density at radius 3 is 2.86 bits per heavy atom. The van der Waals surface area contributed by atoms with Crippen molar-refractivity contribution in [2.75, 3.05) is 11.9 Å². The molecule has 0 spiro atoms. The van der Waals surface area contributed by atoms with Crippen LogP contribution in [0, 0.1) is 13.8 Å². The molecule has 3 rings (SSSR count). The van der Waals surface area contributed by atoms with E-state index >= 15 is 0 Å². The summed E-state index contributed by atoms with van der Waals surface area (Å²) in [5, 5.41) is 11.0. The number of fused-ring (bicyclic) bond motifs is 1. The zero-order chi connectivity index (χ0) is 14.8. The first-order chi connectivity index (χ1) is 10.2. The molecule has 0 aliphatic rings. The molecule has 0 saturated carbocycles. The van der Waals surface area contributed by atoms with Gasteiger partial charge in [-0.2, -0.15) is 5.10 Å². The van der Waals surface area contributed by atoms with E-state index in [-0.39, 0.29) is 0 Å². The number of hydrogen-bond acceptors (Lipinski definition) is 5. The maximum Gasteiger partial charge on any atom is 0.153 e. The molecule has 6 heteroatoms. The summed E-state index contributed by atoms with van der Waals surface area (Å²) in [7, 11) is 0. The van der Waals surface area contributed by atoms with Crippen LogP contribution in [0.25, 0.3) is 10.2 Å². The van der Waals surface area contributed by atoms with E-state index in [1.54, 1.807) is 11.3 Å². The summed E-state index contributed by atoms with van der Waals surface area (Å²) in [6, 6.07) is 4.14. The highest BCUT2D eigenvalue weighted by molar-refractivity contribution is 7.16. The SMILES string of the molecule is CCCNc1nc(Cn2nc(C)cc2C)nc2sccc12. The molecule has 0 bridgehead atoms. The Morgan fingerprint density at radius 2 is 2.14 bits per heavy atom. The van der Waals surface area contributed by atoms with Gasteiger partial charge in [0, 0.05) is 12.2 Å². The van der Waals surface area contributed by atoms with Crippen molar-refractivity contribution in [3.63, 3.8) is 0 Å². The number of hydrogen-bond donors (Lipinski definition) is 1. The summed E-state index contributed by atoms with van der Waals surface area (Å²) in [5.74, 6) is 1.73. The normalized spacial score (nSPS) is 11.2. The molecule has 21 heavy (non-hydrogen) atoms. The molecule has 3 heterocycles. The van der Waals surface area contributed by atoms with Gasteiger partial charge in [-0.15, -0.1) is 11.3 Å². The zero-order valence-corrected chi connectivity index (χ0v) is 13.4. The molecule has 0 aliphatic heterocycles. The zero-order valence-electron chi connectivity index (χ0n) is 12.6. The smallest absolute Gasteiger partial charge is 0.153 e. The van der Waals surface area contributed by atoms with Gasteiger partial charge >= 0.3 is 0 Å². The highest BCUT2D eigenvalue weighted by Gasteiger charge is 2.10. The van der Waals surface area contributed by atoms with Gasteiger partial charge in [-0.05, 0) is 37.8 Å². The first kappa shape index (κ1) is 14.0. The number of rotatable bonds is 5. The molecule has 3 aromatic rings. The van der Waals surface area contributed by atoms with Gasteiger partial charge in [0.25, 0.3) is 0 Å². The van der Waals surface area contributed by atoms with Crippen molar-refractivity contribution in [1.82, 2.24) is 19.7 Å². The quantitative estimate of drug-likeness (QED) is 0.785. The Hall–Kier alpha value is -1.95. The van der Waals surface area contributed by atoms with E-state index in [0.29, 0.717) is 6.54 Å². The molecule has 110 valence electrons. The van der Waals surface area contributed by atoms with E-state index in [2.05, 4.69) is 51.7 Å². The average Bonchev–Trinajstić information content (AvgIpc) is 3.03. The lowest BCUT2D eigenvalue weighted by Gasteiger charge is -2.09. The van der Waals surface area contributed by atoms with Gasteiger partial charge in [0.05, 0.1) is 11.1 Å². The van der Waals surface area contributed by atoms with E-state index in [1.165, 1.54) is 0 Å². The van der Waals surface area contributed by atoms with E-state index in [9.17, 15) is 0 Å². The highest BCUT2D eigenvalue weighted by Crippen LogP contribution is 2.25. The van der Waals surface area contributed by atoms with Crippen LogP contribution in [-0.4, -0.2) is 26.3 Å². The van der Waals surface area contributed by atoms with Crippen LogP contribution in [0.2, 0.25) is 0 Å². The molecular formula is C15H19N5S. The largest absolute Gasteiger partial charge is 0.369 e. The molecule has 0 unspecified atom stereocenters. The Bertz CT molecular complexity index is 759. The van der Waals surface area contributed by atoms with Crippen LogP contribution < -0.4 is 5.32 Å². The fourth-order valence-electron chi connectivity index (χ4n) is 2.32. The monoisotopic (exact) mass is 301 g/mol. The van der Waals surface area contributed by atoms with Gasteiger partial charge < -0.3 is 5.32 Å². The number of aromatic nitrogens is 4. The molecule has 0 atom stereocenters. The second-order valence-electron chi connectivity index (χ2n) is 5.14. The number of nitrogens with zero attached hydrogens (tertiary/aromatic N) is 4. The summed E-state index contributed by atoms with van der Waals surface area (Å²) in [4.78, 5) is 10.4. The van der Waals surface area contributed by atoms with Gasteiger partial charge in [0.15, 0.2) is 5.82 Å².